The molecule has 0 unspecified atom stereocenters. The fourth-order valence-electron chi connectivity index (χ4n) is 8.31. The van der Waals surface area contributed by atoms with Crippen molar-refractivity contribution in [2.24, 2.45) is 10.9 Å². The van der Waals surface area contributed by atoms with Crippen LogP contribution >= 0.6 is 0 Å². The van der Waals surface area contributed by atoms with Gasteiger partial charge in [-0.1, -0.05) is 37.1 Å². The predicted octanol–water partition coefficient (Wildman–Crippen LogP) is 7.25. The van der Waals surface area contributed by atoms with Gasteiger partial charge in [-0.2, -0.15) is 0 Å². The number of hydrogen-bond donors (Lipinski definition) is 3. The van der Waals surface area contributed by atoms with E-state index in [0.29, 0.717) is 66.3 Å². The minimum atomic E-state index is -1.47. The molecule has 4 heterocycles. The lowest BCUT2D eigenvalue weighted by Crippen LogP contribution is -2.50. The Morgan fingerprint density at radius 3 is 2.09 bits per heavy atom. The molecule has 4 aliphatic rings. The third-order valence-electron chi connectivity index (χ3n) is 11.7. The van der Waals surface area contributed by atoms with Crippen LogP contribution in [-0.2, 0) is 20.9 Å². The monoisotopic (exact) mass is 906 g/mol. The number of amides is 5. The third kappa shape index (κ3) is 10.5. The molecule has 0 radical (unpaired) electrons. The largest absolute Gasteiger partial charge is 0.493 e. The third-order valence-corrected chi connectivity index (χ3v) is 11.7. The van der Waals surface area contributed by atoms with Gasteiger partial charge in [0.1, 0.15) is 12.6 Å². The summed E-state index contributed by atoms with van der Waals surface area (Å²) >= 11 is 0. The van der Waals surface area contributed by atoms with E-state index in [2.05, 4.69) is 15.6 Å². The summed E-state index contributed by atoms with van der Waals surface area (Å²) in [7, 11) is 2.99. The number of aliphatic hydroxyl groups excluding tert-OH is 1. The van der Waals surface area contributed by atoms with Crippen molar-refractivity contribution in [1.29, 1.82) is 0 Å². The Labute approximate surface area is 384 Å². The van der Waals surface area contributed by atoms with Crippen LogP contribution in [0.3, 0.4) is 0 Å². The summed E-state index contributed by atoms with van der Waals surface area (Å²) in [6, 6.07) is 11.5. The van der Waals surface area contributed by atoms with Gasteiger partial charge in [0.2, 0.25) is 11.8 Å². The number of nitrogens with one attached hydrogen (secondary N) is 2. The highest BCUT2D eigenvalue weighted by molar-refractivity contribution is 6.07. The highest BCUT2D eigenvalue weighted by Gasteiger charge is 2.45. The van der Waals surface area contributed by atoms with Crippen LogP contribution in [0, 0.1) is 5.92 Å². The molecule has 0 bridgehead atoms. The fraction of sp³-hybridized carbons (Fsp3) is 0.429. The van der Waals surface area contributed by atoms with Crippen molar-refractivity contribution in [2.45, 2.75) is 104 Å². The highest BCUT2D eigenvalue weighted by Crippen LogP contribution is 2.43. The quantitative estimate of drug-likeness (QED) is 0.115. The van der Waals surface area contributed by atoms with Crippen molar-refractivity contribution in [3.05, 3.63) is 88.8 Å². The number of aliphatic hydroxyl groups is 1. The lowest BCUT2D eigenvalue weighted by atomic mass is 10.1. The van der Waals surface area contributed by atoms with Gasteiger partial charge in [0.15, 0.2) is 29.2 Å². The van der Waals surface area contributed by atoms with E-state index < -0.39 is 30.3 Å². The molecule has 350 valence electrons. The molecule has 3 aromatic rings. The second-order valence-corrected chi connectivity index (χ2v) is 17.4. The highest BCUT2D eigenvalue weighted by atomic mass is 16.6. The van der Waals surface area contributed by atoms with E-state index >= 15 is 0 Å². The van der Waals surface area contributed by atoms with Crippen LogP contribution < -0.4 is 34.5 Å². The molecule has 5 amide bonds. The zero-order chi connectivity index (χ0) is 47.2. The Morgan fingerprint density at radius 1 is 0.803 bits per heavy atom. The first-order chi connectivity index (χ1) is 31.6. The molecule has 0 aromatic heterocycles. The number of aliphatic imine (C=N–C) groups is 1. The molecule has 0 aliphatic carbocycles. The lowest BCUT2D eigenvalue weighted by molar-refractivity contribution is -0.126. The summed E-state index contributed by atoms with van der Waals surface area (Å²) in [5, 5.41) is 17.3. The first kappa shape index (κ1) is 47.1. The summed E-state index contributed by atoms with van der Waals surface area (Å²) in [6.07, 6.45) is 6.39. The van der Waals surface area contributed by atoms with Crippen LogP contribution in [0.1, 0.15) is 99.4 Å². The first-order valence-electron chi connectivity index (χ1n) is 22.2. The number of nitrogens with zero attached hydrogens (tertiary/aromatic N) is 4. The zero-order valence-electron chi connectivity index (χ0n) is 38.4. The molecule has 4 atom stereocenters. The number of methoxy groups -OCH3 is 2. The maximum absolute atomic E-state index is 14.0. The number of carbonyl (C=O) groups is 5. The van der Waals surface area contributed by atoms with Crippen LogP contribution in [0.5, 0.6) is 23.0 Å². The molecule has 0 fully saturated rings. The Morgan fingerprint density at radius 2 is 1.42 bits per heavy atom. The zero-order valence-corrected chi connectivity index (χ0v) is 38.4. The van der Waals surface area contributed by atoms with Crippen molar-refractivity contribution in [1.82, 2.24) is 15.1 Å². The SMILES string of the molecule is COc1cc2c(cc1OCCCCCOc1cc3c(cc1OC)C(=O)N1C=C(C)C[C@H]1[C@H](O)N3C(=O)OCc1ccc(NC(=O)[C@H](C)NC(=O)CC(C)C)cc1)N=C[C@@H]1CC(C)=CN1C2=O. The normalized spacial score (nSPS) is 18.8. The van der Waals surface area contributed by atoms with Gasteiger partial charge >= 0.3 is 6.09 Å². The minimum Gasteiger partial charge on any atom is -0.493 e. The average Bonchev–Trinajstić information content (AvgIpc) is 3.83. The molecule has 7 rings (SSSR count). The number of rotatable bonds is 17. The number of fused-ring (bicyclic) bond motifs is 4. The average molecular weight is 907 g/mol. The number of anilines is 2. The van der Waals surface area contributed by atoms with Gasteiger partial charge in [-0.25, -0.2) is 9.69 Å². The summed E-state index contributed by atoms with van der Waals surface area (Å²) in [5.74, 6) is 0.481. The second kappa shape index (κ2) is 20.5. The van der Waals surface area contributed by atoms with E-state index in [1.165, 1.54) is 31.3 Å². The number of hydrogen-bond acceptors (Lipinski definition) is 12. The van der Waals surface area contributed by atoms with Gasteiger partial charge in [-0.15, -0.1) is 0 Å². The Hall–Kier alpha value is -6.88. The Kier molecular flexibility index (Phi) is 14.6. The molecule has 4 aliphatic heterocycles. The number of carbonyl (C=O) groups excluding carboxylic acids is 5. The van der Waals surface area contributed by atoms with Crippen molar-refractivity contribution >= 4 is 53.0 Å². The van der Waals surface area contributed by atoms with Crippen LogP contribution in [0.15, 0.2) is 77.1 Å². The van der Waals surface area contributed by atoms with E-state index in [0.717, 1.165) is 28.9 Å². The second-order valence-electron chi connectivity index (χ2n) is 17.4. The summed E-state index contributed by atoms with van der Waals surface area (Å²) < 4.78 is 29.3. The summed E-state index contributed by atoms with van der Waals surface area (Å²) in [5.41, 5.74) is 4.25. The molecular weight excluding hydrogens is 849 g/mol. The Bertz CT molecular complexity index is 2450. The van der Waals surface area contributed by atoms with Crippen LogP contribution in [-0.4, -0.2) is 103 Å². The molecule has 0 saturated carbocycles. The van der Waals surface area contributed by atoms with Gasteiger partial charge in [-0.3, -0.25) is 24.2 Å². The smallest absolute Gasteiger partial charge is 0.416 e. The van der Waals surface area contributed by atoms with Crippen molar-refractivity contribution in [3.8, 4) is 23.0 Å². The maximum atomic E-state index is 14.0. The van der Waals surface area contributed by atoms with Gasteiger partial charge in [-0.05, 0) is 88.6 Å². The number of benzene rings is 3. The first-order valence-corrected chi connectivity index (χ1v) is 22.2. The van der Waals surface area contributed by atoms with E-state index in [9.17, 15) is 29.1 Å². The van der Waals surface area contributed by atoms with Crippen molar-refractivity contribution in [2.75, 3.05) is 37.7 Å². The van der Waals surface area contributed by atoms with E-state index in [-0.39, 0.29) is 65.6 Å². The lowest BCUT2D eigenvalue weighted by Gasteiger charge is -2.31. The maximum Gasteiger partial charge on any atom is 0.416 e. The summed E-state index contributed by atoms with van der Waals surface area (Å²) in [4.78, 5) is 75.1. The standard InChI is InChI=1S/C49H58N6O11/c1-28(2)17-44(56)51-31(5)45(57)52-33-13-11-32(12-14-33)27-66-49(61)55-38-23-43(41(63-7)21-36(38)47(59)54-26-30(4)19-39(54)48(55)60)65-16-10-8-9-15-64-42-22-37-35(20-40(42)62-6)46(58)53-25-29(3)18-34(53)24-50-37/h11-14,20-26,28,31,34,39,48,60H,8-10,15-19,27H2,1-7H3,(H,51,56)(H,52,57)/t31-,34-,39-,48-/m0/s1. The van der Waals surface area contributed by atoms with E-state index in [4.69, 9.17) is 23.7 Å². The molecule has 17 nitrogen and oxygen atoms in total. The summed E-state index contributed by atoms with van der Waals surface area (Å²) in [6.45, 7) is 9.75. The minimum absolute atomic E-state index is 0.0996. The van der Waals surface area contributed by atoms with E-state index in [1.807, 2.05) is 33.9 Å². The number of unbranched alkanes of at least 4 members (excludes halogenated alkanes) is 2. The topological polar surface area (TPSA) is 198 Å². The molecule has 0 saturated heterocycles. The van der Waals surface area contributed by atoms with E-state index in [1.54, 1.807) is 60.6 Å². The molecule has 66 heavy (non-hydrogen) atoms. The molecule has 3 N–H and O–H groups in total. The van der Waals surface area contributed by atoms with Gasteiger partial charge in [0, 0.05) is 42.9 Å². The molecule has 3 aromatic carbocycles. The molecular formula is C49H58N6O11. The van der Waals surface area contributed by atoms with Crippen LogP contribution in [0.25, 0.3) is 0 Å². The van der Waals surface area contributed by atoms with Crippen LogP contribution in [0.4, 0.5) is 21.9 Å². The molecule has 17 heteroatoms. The predicted molar refractivity (Wildman–Crippen MR) is 246 cm³/mol. The molecule has 0 spiro atoms. The van der Waals surface area contributed by atoms with Gasteiger partial charge in [0.25, 0.3) is 11.8 Å². The van der Waals surface area contributed by atoms with Gasteiger partial charge < -0.3 is 49.2 Å². The Balaban J connectivity index is 0.976. The van der Waals surface area contributed by atoms with Crippen LogP contribution in [0.2, 0.25) is 0 Å². The van der Waals surface area contributed by atoms with Crippen molar-refractivity contribution in [3.63, 3.8) is 0 Å². The fourth-order valence-corrected chi connectivity index (χ4v) is 8.31. The number of ether oxygens (including phenoxy) is 5. The van der Waals surface area contributed by atoms with Gasteiger partial charge in [0.05, 0.1) is 62.0 Å². The van der Waals surface area contributed by atoms with Crippen molar-refractivity contribution < 1.29 is 52.8 Å².